The van der Waals surface area contributed by atoms with Crippen molar-refractivity contribution in [2.24, 2.45) is 0 Å². The van der Waals surface area contributed by atoms with Crippen LogP contribution in [0.25, 0.3) is 11.1 Å². The summed E-state index contributed by atoms with van der Waals surface area (Å²) in [4.78, 5) is 20.5. The molecule has 6 nitrogen and oxygen atoms in total. The van der Waals surface area contributed by atoms with Crippen LogP contribution >= 0.6 is 34.8 Å². The molecule has 2 rings (SSSR count). The lowest BCUT2D eigenvalue weighted by atomic mass is 10.0. The van der Waals surface area contributed by atoms with E-state index in [0.717, 1.165) is 0 Å². The average molecular weight is 348 g/mol. The minimum atomic E-state index is -0.949. The maximum atomic E-state index is 11.3. The Balaban J connectivity index is 2.99. The topological polar surface area (TPSA) is 86.3 Å². The van der Waals surface area contributed by atoms with Gasteiger partial charge < -0.3 is 0 Å². The van der Waals surface area contributed by atoms with Crippen molar-refractivity contribution in [1.29, 1.82) is 0 Å². The highest BCUT2D eigenvalue weighted by atomic mass is 35.5. The Morgan fingerprint density at radius 2 is 1.29 bits per heavy atom. The third kappa shape index (κ3) is 2.65. The molecule has 0 spiro atoms. The van der Waals surface area contributed by atoms with Crippen LogP contribution in [-0.2, 0) is 0 Å². The van der Waals surface area contributed by atoms with Crippen LogP contribution in [0.2, 0.25) is 15.1 Å². The first kappa shape index (κ1) is 15.5. The van der Waals surface area contributed by atoms with Gasteiger partial charge in [0, 0.05) is 0 Å². The molecule has 0 heterocycles. The highest BCUT2D eigenvalue weighted by Crippen LogP contribution is 2.50. The third-order valence-electron chi connectivity index (χ3n) is 2.70. The van der Waals surface area contributed by atoms with Gasteiger partial charge in [0.1, 0.15) is 5.02 Å². The predicted molar refractivity (Wildman–Crippen MR) is 80.2 cm³/mol. The zero-order valence-electron chi connectivity index (χ0n) is 10.0. The van der Waals surface area contributed by atoms with Crippen LogP contribution in [0.1, 0.15) is 0 Å². The van der Waals surface area contributed by atoms with E-state index in [-0.39, 0.29) is 15.6 Å². The first-order valence-corrected chi connectivity index (χ1v) is 6.54. The molecule has 0 aliphatic rings. The molecule has 0 N–H and O–H groups in total. The number of nitrogens with zero attached hydrogens (tertiary/aromatic N) is 2. The quantitative estimate of drug-likeness (QED) is 0.437. The molecule has 0 atom stereocenters. The molecule has 0 aliphatic heterocycles. The van der Waals surface area contributed by atoms with Crippen molar-refractivity contribution in [2.75, 3.05) is 0 Å². The van der Waals surface area contributed by atoms with Gasteiger partial charge in [-0.2, -0.15) is 0 Å². The van der Waals surface area contributed by atoms with Crippen LogP contribution in [0.3, 0.4) is 0 Å². The molecule has 0 unspecified atom stereocenters. The van der Waals surface area contributed by atoms with Gasteiger partial charge in [-0.15, -0.1) is 0 Å². The molecule has 2 aromatic carbocycles. The Labute approximate surface area is 133 Å². The zero-order chi connectivity index (χ0) is 15.7. The van der Waals surface area contributed by atoms with E-state index < -0.39 is 26.2 Å². The van der Waals surface area contributed by atoms with Crippen molar-refractivity contribution in [3.8, 4) is 11.1 Å². The van der Waals surface area contributed by atoms with Gasteiger partial charge in [0.2, 0.25) is 0 Å². The smallest absolute Gasteiger partial charge is 0.258 e. The van der Waals surface area contributed by atoms with Gasteiger partial charge in [-0.05, 0) is 5.56 Å². The van der Waals surface area contributed by atoms with Crippen molar-refractivity contribution in [1.82, 2.24) is 0 Å². The number of nitro benzene ring substituents is 2. The second-order valence-corrected chi connectivity index (χ2v) is 5.03. The SMILES string of the molecule is O=[N+]([O-])c1c(Cl)c(Cl)c(Cl)c(-c2ccccc2)c1[N+](=O)[O-]. The van der Waals surface area contributed by atoms with Gasteiger partial charge in [-0.1, -0.05) is 65.1 Å². The normalized spacial score (nSPS) is 10.4. The summed E-state index contributed by atoms with van der Waals surface area (Å²) in [5, 5.41) is 21.3. The summed E-state index contributed by atoms with van der Waals surface area (Å²) >= 11 is 17.6. The molecule has 0 aliphatic carbocycles. The first-order chi connectivity index (χ1) is 9.86. The summed E-state index contributed by atoms with van der Waals surface area (Å²) in [5.74, 6) is 0. The van der Waals surface area contributed by atoms with Crippen molar-refractivity contribution < 1.29 is 9.85 Å². The van der Waals surface area contributed by atoms with E-state index in [1.165, 1.54) is 12.1 Å². The van der Waals surface area contributed by atoms with Crippen LogP contribution in [0.4, 0.5) is 11.4 Å². The maximum Gasteiger partial charge on any atom is 0.366 e. The van der Waals surface area contributed by atoms with E-state index in [9.17, 15) is 20.2 Å². The van der Waals surface area contributed by atoms with Crippen LogP contribution in [0, 0.1) is 20.2 Å². The maximum absolute atomic E-state index is 11.3. The van der Waals surface area contributed by atoms with Gasteiger partial charge in [0.05, 0.1) is 25.5 Å². The van der Waals surface area contributed by atoms with Crippen LogP contribution < -0.4 is 0 Å². The van der Waals surface area contributed by atoms with Crippen LogP contribution in [-0.4, -0.2) is 9.85 Å². The fourth-order valence-electron chi connectivity index (χ4n) is 1.85. The van der Waals surface area contributed by atoms with Crippen molar-refractivity contribution in [3.05, 3.63) is 65.6 Å². The fraction of sp³-hybridized carbons (Fsp3) is 0. The molecule has 0 bridgehead atoms. The molecule has 108 valence electrons. The van der Waals surface area contributed by atoms with Gasteiger partial charge in [-0.25, -0.2) is 0 Å². The third-order valence-corrected chi connectivity index (χ3v) is 4.02. The molecule has 0 saturated carbocycles. The predicted octanol–water partition coefficient (Wildman–Crippen LogP) is 5.13. The largest absolute Gasteiger partial charge is 0.366 e. The van der Waals surface area contributed by atoms with Crippen molar-refractivity contribution >= 4 is 46.2 Å². The van der Waals surface area contributed by atoms with Gasteiger partial charge in [0.15, 0.2) is 0 Å². The molecule has 0 radical (unpaired) electrons. The number of benzene rings is 2. The lowest BCUT2D eigenvalue weighted by molar-refractivity contribution is -0.421. The molecular formula is C12H5Cl3N2O4. The summed E-state index contributed by atoms with van der Waals surface area (Å²) in [6, 6.07) is 7.98. The van der Waals surface area contributed by atoms with E-state index in [0.29, 0.717) is 5.56 Å². The standard InChI is InChI=1S/C12H5Cl3N2O4/c13-8-7(6-4-2-1-3-5-6)11(16(18)19)12(17(20)21)10(15)9(8)14/h1-5H. The molecule has 0 aromatic heterocycles. The highest BCUT2D eigenvalue weighted by Gasteiger charge is 2.37. The minimum absolute atomic E-state index is 0.136. The zero-order valence-corrected chi connectivity index (χ0v) is 12.3. The average Bonchev–Trinajstić information content (AvgIpc) is 2.44. The van der Waals surface area contributed by atoms with E-state index in [1.807, 2.05) is 0 Å². The van der Waals surface area contributed by atoms with Crippen LogP contribution in [0.5, 0.6) is 0 Å². The number of rotatable bonds is 3. The fourth-order valence-corrected chi connectivity index (χ4v) is 2.63. The second kappa shape index (κ2) is 5.85. The Hall–Kier alpha value is -1.89. The summed E-state index contributed by atoms with van der Waals surface area (Å²) < 4.78 is 0. The second-order valence-electron chi connectivity index (χ2n) is 3.89. The Bertz CT molecular complexity index is 750. The van der Waals surface area contributed by atoms with Crippen molar-refractivity contribution in [2.45, 2.75) is 0 Å². The summed E-state index contributed by atoms with van der Waals surface area (Å²) in [5.41, 5.74) is -1.47. The Morgan fingerprint density at radius 3 is 1.76 bits per heavy atom. The van der Waals surface area contributed by atoms with E-state index in [2.05, 4.69) is 0 Å². The molecule has 9 heteroatoms. The summed E-state index contributed by atoms with van der Waals surface area (Å²) in [7, 11) is 0. The molecule has 2 aromatic rings. The van der Waals surface area contributed by atoms with Gasteiger partial charge >= 0.3 is 11.4 Å². The van der Waals surface area contributed by atoms with E-state index >= 15 is 0 Å². The van der Waals surface area contributed by atoms with E-state index in [1.54, 1.807) is 18.2 Å². The number of halogens is 3. The van der Waals surface area contributed by atoms with Crippen LogP contribution in [0.15, 0.2) is 30.3 Å². The molecule has 21 heavy (non-hydrogen) atoms. The highest BCUT2D eigenvalue weighted by molar-refractivity contribution is 6.50. The molecule has 0 saturated heterocycles. The summed E-state index contributed by atoms with van der Waals surface area (Å²) in [6.07, 6.45) is 0. The van der Waals surface area contributed by atoms with Gasteiger partial charge in [-0.3, -0.25) is 20.2 Å². The minimum Gasteiger partial charge on any atom is -0.258 e. The Kier molecular flexibility index (Phi) is 4.32. The number of hydrogen-bond donors (Lipinski definition) is 0. The molecule has 0 amide bonds. The first-order valence-electron chi connectivity index (χ1n) is 5.41. The molecular weight excluding hydrogens is 343 g/mol. The Morgan fingerprint density at radius 1 is 0.762 bits per heavy atom. The van der Waals surface area contributed by atoms with Gasteiger partial charge in [0.25, 0.3) is 0 Å². The molecule has 0 fully saturated rings. The lowest BCUT2D eigenvalue weighted by Crippen LogP contribution is -2.01. The lowest BCUT2D eigenvalue weighted by Gasteiger charge is -2.09. The monoisotopic (exact) mass is 346 g/mol. The van der Waals surface area contributed by atoms with Crippen molar-refractivity contribution in [3.63, 3.8) is 0 Å². The number of nitro groups is 2. The number of hydrogen-bond acceptors (Lipinski definition) is 4. The van der Waals surface area contributed by atoms with E-state index in [4.69, 9.17) is 34.8 Å². The summed E-state index contributed by atoms with van der Waals surface area (Å²) in [6.45, 7) is 0.